The molecule has 1 aliphatic heterocycles. The molecule has 21 heavy (non-hydrogen) atoms. The van der Waals surface area contributed by atoms with Gasteiger partial charge in [-0.1, -0.05) is 26.8 Å². The molecule has 1 fully saturated rings. The fourth-order valence-corrected chi connectivity index (χ4v) is 3.12. The van der Waals surface area contributed by atoms with Crippen LogP contribution in [-0.2, 0) is 12.0 Å². The third kappa shape index (κ3) is 2.98. The summed E-state index contributed by atoms with van der Waals surface area (Å²) in [7, 11) is 0. The number of fused-ring (bicyclic) bond motifs is 1. The smallest absolute Gasteiger partial charge is 0.0958 e. The fourth-order valence-electron chi connectivity index (χ4n) is 3.12. The predicted molar refractivity (Wildman–Crippen MR) is 88.7 cm³/mol. The molecule has 0 atom stereocenters. The third-order valence-electron chi connectivity index (χ3n) is 5.14. The van der Waals surface area contributed by atoms with Crippen LogP contribution < -0.4 is 0 Å². The van der Waals surface area contributed by atoms with Crippen molar-refractivity contribution >= 4 is 11.0 Å². The van der Waals surface area contributed by atoms with Crippen molar-refractivity contribution in [1.82, 2.24) is 14.5 Å². The van der Waals surface area contributed by atoms with Crippen molar-refractivity contribution in [2.75, 3.05) is 19.6 Å². The quantitative estimate of drug-likeness (QED) is 0.832. The van der Waals surface area contributed by atoms with Crippen LogP contribution in [0.25, 0.3) is 11.0 Å². The first kappa shape index (κ1) is 14.6. The lowest BCUT2D eigenvalue weighted by atomic mass is 9.82. The van der Waals surface area contributed by atoms with Gasteiger partial charge in [-0.05, 0) is 55.5 Å². The van der Waals surface area contributed by atoms with Crippen molar-refractivity contribution in [2.45, 2.75) is 52.0 Å². The molecule has 0 spiro atoms. The highest BCUT2D eigenvalue weighted by atomic mass is 15.2. The van der Waals surface area contributed by atoms with Crippen LogP contribution in [0.3, 0.4) is 0 Å². The van der Waals surface area contributed by atoms with E-state index in [1.807, 2.05) is 6.33 Å². The Morgan fingerprint density at radius 1 is 1.14 bits per heavy atom. The first-order valence-electron chi connectivity index (χ1n) is 8.28. The molecule has 114 valence electrons. The topological polar surface area (TPSA) is 21.1 Å². The average Bonchev–Trinajstić information content (AvgIpc) is 3.14. The summed E-state index contributed by atoms with van der Waals surface area (Å²) in [6.07, 6.45) is 5.88. The standard InChI is InChI=1S/C18H27N3/c1-4-18(2,3)15-7-8-16-17(13-15)21(14-19-16)12-11-20-9-5-6-10-20/h7-8,13-14H,4-6,9-12H2,1-3H3. The number of benzene rings is 1. The van der Waals surface area contributed by atoms with Gasteiger partial charge in [-0.25, -0.2) is 4.98 Å². The number of rotatable bonds is 5. The van der Waals surface area contributed by atoms with Crippen molar-refractivity contribution in [3.63, 3.8) is 0 Å². The third-order valence-corrected chi connectivity index (χ3v) is 5.14. The van der Waals surface area contributed by atoms with Gasteiger partial charge in [0.1, 0.15) is 0 Å². The Hall–Kier alpha value is -1.35. The molecule has 1 aromatic carbocycles. The monoisotopic (exact) mass is 285 g/mol. The number of imidazole rings is 1. The van der Waals surface area contributed by atoms with Gasteiger partial charge in [0.05, 0.1) is 17.4 Å². The molecular weight excluding hydrogens is 258 g/mol. The molecule has 0 radical (unpaired) electrons. The Bertz CT molecular complexity index is 606. The van der Waals surface area contributed by atoms with E-state index in [0.717, 1.165) is 25.0 Å². The van der Waals surface area contributed by atoms with Crippen molar-refractivity contribution in [1.29, 1.82) is 0 Å². The van der Waals surface area contributed by atoms with Gasteiger partial charge in [0, 0.05) is 13.1 Å². The van der Waals surface area contributed by atoms with Crippen LogP contribution in [0.5, 0.6) is 0 Å². The summed E-state index contributed by atoms with van der Waals surface area (Å²) < 4.78 is 2.32. The SMILES string of the molecule is CCC(C)(C)c1ccc2ncn(CCN3CCCC3)c2c1. The zero-order chi connectivity index (χ0) is 14.9. The van der Waals surface area contributed by atoms with E-state index in [9.17, 15) is 0 Å². The molecule has 0 saturated carbocycles. The maximum absolute atomic E-state index is 4.56. The number of aromatic nitrogens is 2. The molecule has 0 bridgehead atoms. The van der Waals surface area contributed by atoms with Gasteiger partial charge >= 0.3 is 0 Å². The number of hydrogen-bond acceptors (Lipinski definition) is 2. The van der Waals surface area contributed by atoms with Crippen LogP contribution in [0.15, 0.2) is 24.5 Å². The lowest BCUT2D eigenvalue weighted by Crippen LogP contribution is -2.23. The zero-order valence-corrected chi connectivity index (χ0v) is 13.6. The molecule has 0 N–H and O–H groups in total. The molecule has 1 aliphatic rings. The lowest BCUT2D eigenvalue weighted by Gasteiger charge is -2.23. The molecule has 1 aromatic heterocycles. The second kappa shape index (κ2) is 5.80. The summed E-state index contributed by atoms with van der Waals surface area (Å²) in [6, 6.07) is 6.76. The van der Waals surface area contributed by atoms with Crippen molar-refractivity contribution < 1.29 is 0 Å². The van der Waals surface area contributed by atoms with Crippen molar-refractivity contribution in [3.8, 4) is 0 Å². The molecule has 2 aromatic rings. The minimum atomic E-state index is 0.234. The molecule has 0 aliphatic carbocycles. The minimum Gasteiger partial charge on any atom is -0.329 e. The molecule has 3 nitrogen and oxygen atoms in total. The van der Waals surface area contributed by atoms with Gasteiger partial charge in [-0.2, -0.15) is 0 Å². The van der Waals surface area contributed by atoms with E-state index >= 15 is 0 Å². The van der Waals surface area contributed by atoms with E-state index in [1.54, 1.807) is 0 Å². The Morgan fingerprint density at radius 3 is 2.62 bits per heavy atom. The number of nitrogens with zero attached hydrogens (tertiary/aromatic N) is 3. The summed E-state index contributed by atoms with van der Waals surface area (Å²) in [5.41, 5.74) is 4.05. The molecule has 0 amide bonds. The normalized spacial score (nSPS) is 16.9. The largest absolute Gasteiger partial charge is 0.329 e. The molecule has 1 saturated heterocycles. The van der Waals surface area contributed by atoms with E-state index in [4.69, 9.17) is 0 Å². The van der Waals surface area contributed by atoms with Crippen LogP contribution in [-0.4, -0.2) is 34.1 Å². The molecule has 2 heterocycles. The van der Waals surface area contributed by atoms with E-state index < -0.39 is 0 Å². The predicted octanol–water partition coefficient (Wildman–Crippen LogP) is 3.82. The van der Waals surface area contributed by atoms with E-state index in [1.165, 1.54) is 37.0 Å². The first-order valence-corrected chi connectivity index (χ1v) is 8.28. The number of hydrogen-bond donors (Lipinski definition) is 0. The summed E-state index contributed by atoms with van der Waals surface area (Å²) in [5, 5.41) is 0. The van der Waals surface area contributed by atoms with Gasteiger partial charge in [0.2, 0.25) is 0 Å². The minimum absolute atomic E-state index is 0.234. The van der Waals surface area contributed by atoms with Gasteiger partial charge in [0.15, 0.2) is 0 Å². The summed E-state index contributed by atoms with van der Waals surface area (Å²) in [6.45, 7) is 11.6. The summed E-state index contributed by atoms with van der Waals surface area (Å²) in [4.78, 5) is 7.12. The Morgan fingerprint density at radius 2 is 1.90 bits per heavy atom. The fraction of sp³-hybridized carbons (Fsp3) is 0.611. The second-order valence-corrected chi connectivity index (χ2v) is 6.93. The molecule has 3 rings (SSSR count). The Balaban J connectivity index is 1.83. The number of likely N-dealkylation sites (tertiary alicyclic amines) is 1. The summed E-state index contributed by atoms with van der Waals surface area (Å²) >= 11 is 0. The highest BCUT2D eigenvalue weighted by molar-refractivity contribution is 5.76. The Kier molecular flexibility index (Phi) is 4.03. The van der Waals surface area contributed by atoms with E-state index in [2.05, 4.69) is 53.4 Å². The highest BCUT2D eigenvalue weighted by Crippen LogP contribution is 2.29. The average molecular weight is 285 g/mol. The van der Waals surface area contributed by atoms with E-state index in [0.29, 0.717) is 0 Å². The van der Waals surface area contributed by atoms with Gasteiger partial charge < -0.3 is 9.47 Å². The Labute approximate surface area is 128 Å². The van der Waals surface area contributed by atoms with Crippen LogP contribution in [0.2, 0.25) is 0 Å². The van der Waals surface area contributed by atoms with Gasteiger partial charge in [-0.15, -0.1) is 0 Å². The lowest BCUT2D eigenvalue weighted by molar-refractivity contribution is 0.324. The van der Waals surface area contributed by atoms with Crippen molar-refractivity contribution in [3.05, 3.63) is 30.1 Å². The maximum atomic E-state index is 4.56. The summed E-state index contributed by atoms with van der Waals surface area (Å²) in [5.74, 6) is 0. The highest BCUT2D eigenvalue weighted by Gasteiger charge is 2.19. The van der Waals surface area contributed by atoms with Crippen LogP contribution in [0.4, 0.5) is 0 Å². The maximum Gasteiger partial charge on any atom is 0.0958 e. The molecule has 3 heteroatoms. The first-order chi connectivity index (χ1) is 10.1. The zero-order valence-electron chi connectivity index (χ0n) is 13.6. The molecule has 0 unspecified atom stereocenters. The van der Waals surface area contributed by atoms with Gasteiger partial charge in [-0.3, -0.25) is 0 Å². The van der Waals surface area contributed by atoms with Gasteiger partial charge in [0.25, 0.3) is 0 Å². The van der Waals surface area contributed by atoms with Crippen LogP contribution >= 0.6 is 0 Å². The van der Waals surface area contributed by atoms with Crippen LogP contribution in [0, 0.1) is 0 Å². The van der Waals surface area contributed by atoms with E-state index in [-0.39, 0.29) is 5.41 Å². The second-order valence-electron chi connectivity index (χ2n) is 6.93. The molecular formula is C18H27N3. The van der Waals surface area contributed by atoms with Crippen LogP contribution in [0.1, 0.15) is 45.6 Å². The van der Waals surface area contributed by atoms with Crippen molar-refractivity contribution in [2.24, 2.45) is 0 Å².